The Bertz CT molecular complexity index is 5300. The minimum Gasteiger partial charge on any atom is -0.510 e. The summed E-state index contributed by atoms with van der Waals surface area (Å²) in [4.78, 5) is 159. The van der Waals surface area contributed by atoms with Crippen LogP contribution < -0.4 is 21.3 Å². The first-order valence-electron chi connectivity index (χ1n) is 37.7. The van der Waals surface area contributed by atoms with Crippen molar-refractivity contribution in [2.24, 2.45) is 35.9 Å². The van der Waals surface area contributed by atoms with Gasteiger partial charge in [0.15, 0.2) is 34.4 Å². The molecule has 1 atom stereocenters. The van der Waals surface area contributed by atoms with Crippen LogP contribution in [0.2, 0.25) is 0 Å². The van der Waals surface area contributed by atoms with Crippen molar-refractivity contribution in [2.75, 3.05) is 62.9 Å². The Kier molecular flexibility index (Phi) is 47.3. The lowest BCUT2D eigenvalue weighted by Crippen LogP contribution is -2.29. The van der Waals surface area contributed by atoms with E-state index in [0.717, 1.165) is 25.0 Å². The van der Waals surface area contributed by atoms with Crippen molar-refractivity contribution < 1.29 is 96.2 Å². The monoisotopic (exact) mass is 1810 g/mol. The molecule has 0 bridgehead atoms. The molecule has 8 rings (SSSR count). The standard InChI is InChI=1S/C46H49N5O10.C37H38BrN5O10.C8H8.5CH4/c1-28(32-11-9-8-10-12-32)26-46(4,5)45(58)61-24-23-31-13-16-37(17-14-31)50-51-40(30(3)53)42(55)49-36-20-18-35(19-21-36)48-41(54)39(29(2)52)47-27-34-25-33(43(56)59-6)15-22-38(34)44(57)60-7;1-21(44)30(39-20-25-19-24(34(48)51-5)9-16-29(25)35(49)52-6)32(46)40-26-12-14-27(15-13-26)41-33(47)31(22(2)45)43-42-28-10-7-23(8-11-28)17-18-53-36(50)37(3,4)38;1-2-8-6-4-3-5-7-8;;;;;/h8-22,25,28,53H,23-24,26-27H2,1-7H3,(H,48,54)(H,49,55);7-16,19,45H,17-18,20H2,1-6H3,(H,40,46)(H,41,47);2-7H,1H2;5*1H4. The average Bonchev–Trinajstić information content (AvgIpc) is 0.832. The van der Waals surface area contributed by atoms with Crippen molar-refractivity contribution >= 4 is 139 Å². The average molecular weight is 1810 g/mol. The molecule has 0 spiro atoms. The van der Waals surface area contributed by atoms with Gasteiger partial charge in [-0.2, -0.15) is 10.2 Å². The number of aliphatic imine (C=N–C) groups is 2. The van der Waals surface area contributed by atoms with Crippen LogP contribution in [0.4, 0.5) is 34.1 Å². The Morgan fingerprint density at radius 3 is 1.08 bits per heavy atom. The number of hydrogen-bond acceptors (Lipinski definition) is 26. The van der Waals surface area contributed by atoms with E-state index >= 15 is 0 Å². The van der Waals surface area contributed by atoms with Crippen molar-refractivity contribution in [1.82, 2.24) is 0 Å². The van der Waals surface area contributed by atoms with Gasteiger partial charge in [0, 0.05) is 49.4 Å². The highest BCUT2D eigenvalue weighted by molar-refractivity contribution is 9.10. The zero-order valence-electron chi connectivity index (χ0n) is 69.6. The smallest absolute Gasteiger partial charge is 0.338 e. The second kappa shape index (κ2) is 54.3. The SMILES string of the molecule is C.C.C.C.C.C=Cc1ccccc1.COC(=O)c1ccc(C(=O)OC)c(CN=C(C(C)=O)C(=O)Nc2ccc(NC(=O)C(N=Nc3ccc(CCOC(=O)C(C)(C)Br)cc3)=C(C)O)cc2)c1.COC(=O)c1ccc(C(=O)OC)c(CN=C(C(C)=O)C(=O)Nc2ccc(NC(=O)C(N=Nc3ccc(CCOC(=O)C(C)(C)CC(C)c4ccccc4)cc3)=C(C)O)cc2)c1. The molecule has 0 heterocycles. The number of Topliss-reactive ketones (excluding diaryl/α,β-unsaturated/α-hetero) is 2. The van der Waals surface area contributed by atoms with E-state index < -0.39 is 80.2 Å². The maximum absolute atomic E-state index is 13.1. The van der Waals surface area contributed by atoms with Crippen LogP contribution in [0.1, 0.15) is 187 Å². The number of azo groups is 2. The number of alkyl halides is 1. The zero-order valence-corrected chi connectivity index (χ0v) is 71.2. The van der Waals surface area contributed by atoms with Crippen molar-refractivity contribution in [1.29, 1.82) is 0 Å². The maximum Gasteiger partial charge on any atom is 0.338 e. The summed E-state index contributed by atoms with van der Waals surface area (Å²) < 4.78 is 29.1. The lowest BCUT2D eigenvalue weighted by Gasteiger charge is -2.26. The molecule has 30 nitrogen and oxygen atoms in total. The normalized spacial score (nSPS) is 11.5. The number of aliphatic hydroxyl groups excluding tert-OH is 2. The third-order valence-electron chi connectivity index (χ3n) is 17.6. The zero-order chi connectivity index (χ0) is 89.8. The van der Waals surface area contributed by atoms with Gasteiger partial charge in [0.05, 0.1) is 93.8 Å². The summed E-state index contributed by atoms with van der Waals surface area (Å²) in [5.74, 6) is -8.42. The largest absolute Gasteiger partial charge is 0.510 e. The fourth-order valence-corrected chi connectivity index (χ4v) is 11.2. The van der Waals surface area contributed by atoms with E-state index in [1.54, 1.807) is 62.4 Å². The number of amides is 4. The van der Waals surface area contributed by atoms with E-state index in [2.05, 4.69) is 93.3 Å². The third kappa shape index (κ3) is 35.4. The first-order chi connectivity index (χ1) is 58.0. The van der Waals surface area contributed by atoms with Gasteiger partial charge in [0.1, 0.15) is 15.8 Å². The number of hydrogen-bond donors (Lipinski definition) is 6. The van der Waals surface area contributed by atoms with Crippen LogP contribution >= 0.6 is 15.9 Å². The van der Waals surface area contributed by atoms with E-state index in [1.165, 1.54) is 138 Å². The number of aliphatic hydroxyl groups is 2. The number of nitrogens with zero attached hydrogens (tertiary/aromatic N) is 6. The molecule has 1 unspecified atom stereocenters. The molecule has 8 aromatic carbocycles. The van der Waals surface area contributed by atoms with Crippen LogP contribution in [0, 0.1) is 5.41 Å². The van der Waals surface area contributed by atoms with Crippen molar-refractivity contribution in [3.05, 3.63) is 279 Å². The van der Waals surface area contributed by atoms with Crippen LogP contribution in [0.5, 0.6) is 0 Å². The molecule has 0 fully saturated rings. The van der Waals surface area contributed by atoms with E-state index in [-0.39, 0.29) is 160 Å². The number of benzene rings is 8. The summed E-state index contributed by atoms with van der Waals surface area (Å²) in [6, 6.07) is 53.9. The van der Waals surface area contributed by atoms with E-state index in [9.17, 15) is 67.7 Å². The van der Waals surface area contributed by atoms with Crippen LogP contribution in [0.25, 0.3) is 6.08 Å². The first kappa shape index (κ1) is 111. The summed E-state index contributed by atoms with van der Waals surface area (Å²) in [6.45, 7) is 17.6. The Morgan fingerprint density at radius 2 is 0.772 bits per heavy atom. The fraction of sp³-hybridized carbons (Fsp3) is 0.292. The van der Waals surface area contributed by atoms with Crippen LogP contribution in [0.3, 0.4) is 0 Å². The van der Waals surface area contributed by atoms with Crippen LogP contribution in [-0.4, -0.2) is 139 Å². The number of rotatable bonds is 34. The van der Waals surface area contributed by atoms with Gasteiger partial charge in [-0.15, -0.1) is 10.2 Å². The molecule has 0 saturated heterocycles. The highest BCUT2D eigenvalue weighted by Crippen LogP contribution is 2.33. The van der Waals surface area contributed by atoms with Gasteiger partial charge < -0.3 is 59.9 Å². The minimum atomic E-state index is -0.838. The molecule has 676 valence electrons. The summed E-state index contributed by atoms with van der Waals surface area (Å²) >= 11 is 3.26. The van der Waals surface area contributed by atoms with Crippen molar-refractivity contribution in [3.8, 4) is 0 Å². The molecule has 0 radical (unpaired) electrons. The Hall–Kier alpha value is -14.4. The topological polar surface area (TPSA) is 423 Å². The van der Waals surface area contributed by atoms with Crippen molar-refractivity contribution in [3.63, 3.8) is 0 Å². The molecule has 0 aliphatic carbocycles. The van der Waals surface area contributed by atoms with Gasteiger partial charge >= 0.3 is 35.8 Å². The molecule has 0 aliphatic rings. The fourth-order valence-electron chi connectivity index (χ4n) is 11.1. The molecule has 4 amide bonds. The Balaban J connectivity index is 0.00000113. The van der Waals surface area contributed by atoms with Crippen LogP contribution in [-0.2, 0) is 92.7 Å². The van der Waals surface area contributed by atoms with E-state index in [1.807, 2.05) is 68.5 Å². The summed E-state index contributed by atoms with van der Waals surface area (Å²) in [5, 5.41) is 46.7. The minimum absolute atomic E-state index is 0. The summed E-state index contributed by atoms with van der Waals surface area (Å²) in [5.41, 5.74) is 4.68. The number of ether oxygens (including phenoxy) is 6. The molecular formula is C96H115BrN10O20. The number of carbonyl (C=O) groups is 12. The predicted octanol–water partition coefficient (Wildman–Crippen LogP) is 20.0. The molecule has 6 N–H and O–H groups in total. The van der Waals surface area contributed by atoms with E-state index in [0.29, 0.717) is 30.6 Å². The predicted molar refractivity (Wildman–Crippen MR) is 498 cm³/mol. The second-order valence-corrected chi connectivity index (χ2v) is 30.0. The molecule has 31 heteroatoms. The van der Waals surface area contributed by atoms with Gasteiger partial charge in [0.2, 0.25) is 0 Å². The number of nitrogens with one attached hydrogen (secondary N) is 4. The summed E-state index contributed by atoms with van der Waals surface area (Å²) in [7, 11) is 4.77. The molecule has 0 aliphatic heterocycles. The van der Waals surface area contributed by atoms with Gasteiger partial charge in [-0.3, -0.25) is 48.3 Å². The van der Waals surface area contributed by atoms with Gasteiger partial charge in [-0.1, -0.05) is 158 Å². The third-order valence-corrected chi connectivity index (χ3v) is 17.9. The van der Waals surface area contributed by atoms with Crippen molar-refractivity contribution in [2.45, 2.75) is 142 Å². The molecular weight excluding hydrogens is 1690 g/mol. The lowest BCUT2D eigenvalue weighted by molar-refractivity contribution is -0.154. The molecule has 0 aromatic heterocycles. The van der Waals surface area contributed by atoms with Gasteiger partial charge in [-0.05, 0) is 196 Å². The Morgan fingerprint density at radius 1 is 0.441 bits per heavy atom. The number of ketones is 2. The summed E-state index contributed by atoms with van der Waals surface area (Å²) in [6.07, 6.45) is 3.45. The first-order valence-corrected chi connectivity index (χ1v) is 38.5. The Labute approximate surface area is 750 Å². The number of halogens is 1. The number of methoxy groups -OCH3 is 4. The second-order valence-electron chi connectivity index (χ2n) is 28.0. The maximum atomic E-state index is 13.1. The number of allylic oxidation sites excluding steroid dienone is 2. The number of esters is 6. The van der Waals surface area contributed by atoms with E-state index in [4.69, 9.17) is 28.4 Å². The highest BCUT2D eigenvalue weighted by Gasteiger charge is 2.32. The number of carbonyl (C=O) groups excluding carboxylic acids is 12. The molecule has 8 aromatic rings. The molecule has 127 heavy (non-hydrogen) atoms. The van der Waals surface area contributed by atoms with Gasteiger partial charge in [-0.25, -0.2) is 19.2 Å². The van der Waals surface area contributed by atoms with Crippen LogP contribution in [0.15, 0.2) is 254 Å². The lowest BCUT2D eigenvalue weighted by atomic mass is 9.81. The molecule has 0 saturated carbocycles. The number of anilines is 4. The quantitative estimate of drug-likeness (QED) is 0.00319. The highest BCUT2D eigenvalue weighted by atomic mass is 79.9. The van der Waals surface area contributed by atoms with Gasteiger partial charge in [0.25, 0.3) is 23.6 Å².